The second-order valence-electron chi connectivity index (χ2n) is 6.91. The SMILES string of the molecule is Cc1ccc(-n2nc(NCC(=O)N[C@](C)(C#N)C3CC3)cc2C)cc1. The van der Waals surface area contributed by atoms with Gasteiger partial charge in [0.2, 0.25) is 5.91 Å². The first-order valence-electron chi connectivity index (χ1n) is 8.51. The Bertz CT molecular complexity index is 813. The van der Waals surface area contributed by atoms with Crippen LogP contribution in [-0.2, 0) is 4.79 Å². The Kier molecular flexibility index (Phi) is 4.49. The van der Waals surface area contributed by atoms with Gasteiger partial charge >= 0.3 is 0 Å². The van der Waals surface area contributed by atoms with Crippen molar-refractivity contribution in [1.29, 1.82) is 5.26 Å². The number of rotatable bonds is 6. The number of carbonyl (C=O) groups excluding carboxylic acids is 1. The second kappa shape index (κ2) is 6.60. The molecular formula is C19H23N5O. The number of hydrogen-bond donors (Lipinski definition) is 2. The summed E-state index contributed by atoms with van der Waals surface area (Å²) < 4.78 is 1.84. The van der Waals surface area contributed by atoms with Gasteiger partial charge < -0.3 is 10.6 Å². The molecule has 1 atom stereocenters. The number of aromatic nitrogens is 2. The minimum atomic E-state index is -0.768. The van der Waals surface area contributed by atoms with Gasteiger partial charge in [0.15, 0.2) is 0 Å². The van der Waals surface area contributed by atoms with Gasteiger partial charge in [-0.1, -0.05) is 17.7 Å². The number of nitriles is 1. The standard InChI is InChI=1S/C19H23N5O/c1-13-4-8-16(9-5-13)24-14(2)10-17(23-24)21-11-18(25)22-19(3,12-20)15-6-7-15/h4-5,8-10,15H,6-7,11H2,1-3H3,(H,21,23)(H,22,25)/t19-/m1/s1. The smallest absolute Gasteiger partial charge is 0.240 e. The van der Waals surface area contributed by atoms with E-state index in [1.165, 1.54) is 5.56 Å². The minimum absolute atomic E-state index is 0.0916. The van der Waals surface area contributed by atoms with E-state index in [9.17, 15) is 10.1 Å². The van der Waals surface area contributed by atoms with Crippen LogP contribution in [-0.4, -0.2) is 27.8 Å². The van der Waals surface area contributed by atoms with Gasteiger partial charge in [0.05, 0.1) is 18.3 Å². The molecule has 130 valence electrons. The van der Waals surface area contributed by atoms with E-state index in [1.54, 1.807) is 6.92 Å². The molecular weight excluding hydrogens is 314 g/mol. The first-order valence-corrected chi connectivity index (χ1v) is 8.51. The van der Waals surface area contributed by atoms with Crippen LogP contribution < -0.4 is 10.6 Å². The van der Waals surface area contributed by atoms with Crippen molar-refractivity contribution in [2.75, 3.05) is 11.9 Å². The summed E-state index contributed by atoms with van der Waals surface area (Å²) in [6.45, 7) is 5.90. The van der Waals surface area contributed by atoms with Crippen LogP contribution in [0.15, 0.2) is 30.3 Å². The van der Waals surface area contributed by atoms with Crippen LogP contribution in [0.4, 0.5) is 5.82 Å². The number of anilines is 1. The van der Waals surface area contributed by atoms with Crippen LogP contribution in [0.1, 0.15) is 31.0 Å². The van der Waals surface area contributed by atoms with Gasteiger partial charge in [-0.2, -0.15) is 10.4 Å². The van der Waals surface area contributed by atoms with Crippen LogP contribution in [0.2, 0.25) is 0 Å². The maximum atomic E-state index is 12.2. The van der Waals surface area contributed by atoms with Crippen LogP contribution in [0, 0.1) is 31.1 Å². The van der Waals surface area contributed by atoms with E-state index in [0.717, 1.165) is 24.2 Å². The summed E-state index contributed by atoms with van der Waals surface area (Å²) >= 11 is 0. The predicted molar refractivity (Wildman–Crippen MR) is 96.4 cm³/mol. The lowest BCUT2D eigenvalue weighted by Crippen LogP contribution is -2.48. The van der Waals surface area contributed by atoms with Gasteiger partial charge in [-0.05, 0) is 51.7 Å². The molecule has 0 unspecified atom stereocenters. The molecule has 0 spiro atoms. The Hall–Kier alpha value is -2.81. The third kappa shape index (κ3) is 3.82. The van der Waals surface area contributed by atoms with Crippen LogP contribution in [0.5, 0.6) is 0 Å². The lowest BCUT2D eigenvalue weighted by atomic mass is 9.98. The fourth-order valence-corrected chi connectivity index (χ4v) is 2.89. The van der Waals surface area contributed by atoms with Crippen LogP contribution in [0.25, 0.3) is 5.69 Å². The van der Waals surface area contributed by atoms with E-state index in [2.05, 4.69) is 21.8 Å². The molecule has 0 bridgehead atoms. The molecule has 1 fully saturated rings. The van der Waals surface area contributed by atoms with E-state index in [1.807, 2.05) is 48.9 Å². The summed E-state index contributed by atoms with van der Waals surface area (Å²) in [4.78, 5) is 12.2. The molecule has 1 aliphatic rings. The molecule has 6 heteroatoms. The van der Waals surface area contributed by atoms with E-state index < -0.39 is 5.54 Å². The Labute approximate surface area is 147 Å². The molecule has 1 amide bonds. The normalized spacial score (nSPS) is 15.9. The highest BCUT2D eigenvalue weighted by Gasteiger charge is 2.42. The summed E-state index contributed by atoms with van der Waals surface area (Å²) in [5, 5.41) is 19.7. The van der Waals surface area contributed by atoms with E-state index >= 15 is 0 Å². The van der Waals surface area contributed by atoms with Gasteiger partial charge in [-0.15, -0.1) is 0 Å². The lowest BCUT2D eigenvalue weighted by molar-refractivity contribution is -0.120. The number of nitrogens with one attached hydrogen (secondary N) is 2. The molecule has 1 aromatic heterocycles. The number of nitrogens with zero attached hydrogens (tertiary/aromatic N) is 3. The highest BCUT2D eigenvalue weighted by molar-refractivity contribution is 5.81. The zero-order chi connectivity index (χ0) is 18.0. The molecule has 25 heavy (non-hydrogen) atoms. The van der Waals surface area contributed by atoms with Crippen LogP contribution in [0.3, 0.4) is 0 Å². The molecule has 0 radical (unpaired) electrons. The van der Waals surface area contributed by atoms with Gasteiger partial charge in [0.25, 0.3) is 0 Å². The van der Waals surface area contributed by atoms with Crippen molar-refractivity contribution in [2.45, 2.75) is 39.2 Å². The Morgan fingerprint density at radius 1 is 1.36 bits per heavy atom. The molecule has 1 heterocycles. The summed E-state index contributed by atoms with van der Waals surface area (Å²) in [6, 6.07) is 12.2. The van der Waals surface area contributed by atoms with Crippen molar-refractivity contribution >= 4 is 11.7 Å². The average molecular weight is 337 g/mol. The summed E-state index contributed by atoms with van der Waals surface area (Å²) in [5.41, 5.74) is 2.38. The molecule has 6 nitrogen and oxygen atoms in total. The zero-order valence-corrected chi connectivity index (χ0v) is 14.8. The highest BCUT2D eigenvalue weighted by atomic mass is 16.2. The Morgan fingerprint density at radius 3 is 2.64 bits per heavy atom. The van der Waals surface area contributed by atoms with Crippen LogP contribution >= 0.6 is 0 Å². The van der Waals surface area contributed by atoms with Crippen molar-refractivity contribution < 1.29 is 4.79 Å². The first-order chi connectivity index (χ1) is 11.9. The average Bonchev–Trinajstić information content (AvgIpc) is 3.38. The summed E-state index contributed by atoms with van der Waals surface area (Å²) in [6.07, 6.45) is 2.00. The van der Waals surface area contributed by atoms with Gasteiger partial charge in [-0.25, -0.2) is 4.68 Å². The maximum absolute atomic E-state index is 12.2. The number of benzene rings is 1. The van der Waals surface area contributed by atoms with Gasteiger partial charge in [0.1, 0.15) is 11.4 Å². The van der Waals surface area contributed by atoms with Gasteiger partial charge in [0, 0.05) is 11.8 Å². The zero-order valence-electron chi connectivity index (χ0n) is 14.8. The summed E-state index contributed by atoms with van der Waals surface area (Å²) in [7, 11) is 0. The van der Waals surface area contributed by atoms with Crippen molar-refractivity contribution in [2.24, 2.45) is 5.92 Å². The monoisotopic (exact) mass is 337 g/mol. The van der Waals surface area contributed by atoms with Crippen molar-refractivity contribution in [1.82, 2.24) is 15.1 Å². The number of amides is 1. The molecule has 0 saturated heterocycles. The molecule has 0 aliphatic heterocycles. The second-order valence-corrected chi connectivity index (χ2v) is 6.91. The van der Waals surface area contributed by atoms with Crippen molar-refractivity contribution in [3.05, 3.63) is 41.6 Å². The van der Waals surface area contributed by atoms with E-state index in [0.29, 0.717) is 5.82 Å². The number of aryl methyl sites for hydroxylation is 2. The largest absolute Gasteiger partial charge is 0.360 e. The molecule has 2 aromatic rings. The quantitative estimate of drug-likeness (QED) is 0.849. The van der Waals surface area contributed by atoms with Crippen molar-refractivity contribution in [3.8, 4) is 11.8 Å². The fraction of sp³-hybridized carbons (Fsp3) is 0.421. The van der Waals surface area contributed by atoms with E-state index in [4.69, 9.17) is 0 Å². The van der Waals surface area contributed by atoms with E-state index in [-0.39, 0.29) is 18.4 Å². The third-order valence-electron chi connectivity index (χ3n) is 4.62. The molecule has 1 saturated carbocycles. The molecule has 3 rings (SSSR count). The predicted octanol–water partition coefficient (Wildman–Crippen LogP) is 2.71. The minimum Gasteiger partial charge on any atom is -0.360 e. The fourth-order valence-electron chi connectivity index (χ4n) is 2.89. The highest BCUT2D eigenvalue weighted by Crippen LogP contribution is 2.39. The topological polar surface area (TPSA) is 82.7 Å². The Balaban J connectivity index is 1.62. The molecule has 2 N–H and O–H groups in total. The number of carbonyl (C=O) groups is 1. The maximum Gasteiger partial charge on any atom is 0.240 e. The summed E-state index contributed by atoms with van der Waals surface area (Å²) in [5.74, 6) is 0.709. The first kappa shape index (κ1) is 17.0. The Morgan fingerprint density at radius 2 is 2.04 bits per heavy atom. The molecule has 1 aliphatic carbocycles. The lowest BCUT2D eigenvalue weighted by Gasteiger charge is -2.22. The van der Waals surface area contributed by atoms with Crippen molar-refractivity contribution in [3.63, 3.8) is 0 Å². The van der Waals surface area contributed by atoms with Gasteiger partial charge in [-0.3, -0.25) is 4.79 Å². The third-order valence-corrected chi connectivity index (χ3v) is 4.62. The molecule has 1 aromatic carbocycles. The number of hydrogen-bond acceptors (Lipinski definition) is 4.